The van der Waals surface area contributed by atoms with Crippen LogP contribution in [0.4, 0.5) is 10.1 Å². The van der Waals surface area contributed by atoms with E-state index in [1.165, 1.54) is 12.1 Å². The van der Waals surface area contributed by atoms with Crippen LogP contribution in [0.15, 0.2) is 24.3 Å². The summed E-state index contributed by atoms with van der Waals surface area (Å²) < 4.78 is 13.0. The number of aromatic nitrogens is 1. The number of piperazine rings is 1. The van der Waals surface area contributed by atoms with Crippen LogP contribution >= 0.6 is 11.3 Å². The number of rotatable bonds is 3. The van der Waals surface area contributed by atoms with E-state index in [2.05, 4.69) is 9.88 Å². The van der Waals surface area contributed by atoms with Crippen molar-refractivity contribution in [2.75, 3.05) is 31.1 Å². The summed E-state index contributed by atoms with van der Waals surface area (Å²) in [5.74, 6) is -0.0618. The van der Waals surface area contributed by atoms with Crippen molar-refractivity contribution in [1.29, 1.82) is 0 Å². The Morgan fingerprint density at radius 2 is 1.83 bits per heavy atom. The highest BCUT2D eigenvalue weighted by Crippen LogP contribution is 2.20. The summed E-state index contributed by atoms with van der Waals surface area (Å²) in [6.45, 7) is 6.88. The van der Waals surface area contributed by atoms with Crippen molar-refractivity contribution in [1.82, 2.24) is 9.88 Å². The first kappa shape index (κ1) is 15.9. The summed E-state index contributed by atoms with van der Waals surface area (Å²) >= 11 is 1.60. The molecular weight excluding hydrogens is 313 g/mol. The number of hydrogen-bond acceptors (Lipinski definition) is 4. The first-order chi connectivity index (χ1) is 11.0. The van der Waals surface area contributed by atoms with Gasteiger partial charge in [0.2, 0.25) is 5.91 Å². The quantitative estimate of drug-likeness (QED) is 0.867. The molecule has 4 nitrogen and oxygen atoms in total. The molecule has 0 bridgehead atoms. The Morgan fingerprint density at radius 3 is 2.39 bits per heavy atom. The zero-order valence-electron chi connectivity index (χ0n) is 13.4. The van der Waals surface area contributed by atoms with Crippen LogP contribution in [0.25, 0.3) is 0 Å². The molecule has 1 amide bonds. The van der Waals surface area contributed by atoms with Gasteiger partial charge in [0.1, 0.15) is 5.82 Å². The van der Waals surface area contributed by atoms with Crippen LogP contribution in [0, 0.1) is 19.7 Å². The summed E-state index contributed by atoms with van der Waals surface area (Å²) in [5, 5.41) is 1.01. The summed E-state index contributed by atoms with van der Waals surface area (Å²) in [6, 6.07) is 6.52. The lowest BCUT2D eigenvalue weighted by Crippen LogP contribution is -2.49. The molecule has 1 saturated heterocycles. The predicted octanol–water partition coefficient (Wildman–Crippen LogP) is 2.79. The number of carbonyl (C=O) groups is 1. The molecule has 1 aliphatic rings. The van der Waals surface area contributed by atoms with Gasteiger partial charge in [-0.2, -0.15) is 0 Å². The topological polar surface area (TPSA) is 36.4 Å². The largest absolute Gasteiger partial charge is 0.368 e. The standard InChI is InChI=1S/C17H20FN3OS/c1-12-16(23-13(2)19-12)11-17(22)21-9-7-20(8-10-21)15-5-3-14(18)4-6-15/h3-6H,7-11H2,1-2H3. The molecule has 2 aromatic rings. The average molecular weight is 333 g/mol. The molecule has 1 aromatic heterocycles. The van der Waals surface area contributed by atoms with E-state index in [-0.39, 0.29) is 11.7 Å². The fourth-order valence-corrected chi connectivity index (χ4v) is 3.78. The Labute approximate surface area is 139 Å². The highest BCUT2D eigenvalue weighted by Gasteiger charge is 2.22. The lowest BCUT2D eigenvalue weighted by Gasteiger charge is -2.36. The van der Waals surface area contributed by atoms with Crippen LogP contribution in [0.3, 0.4) is 0 Å². The highest BCUT2D eigenvalue weighted by atomic mass is 32.1. The van der Waals surface area contributed by atoms with Gasteiger partial charge >= 0.3 is 0 Å². The van der Waals surface area contributed by atoms with E-state index < -0.39 is 0 Å². The van der Waals surface area contributed by atoms with Crippen molar-refractivity contribution in [3.63, 3.8) is 0 Å². The molecule has 0 N–H and O–H groups in total. The maximum Gasteiger partial charge on any atom is 0.228 e. The van der Waals surface area contributed by atoms with E-state index in [9.17, 15) is 9.18 Å². The molecule has 1 aromatic carbocycles. The monoisotopic (exact) mass is 333 g/mol. The second kappa shape index (κ2) is 6.66. The maximum atomic E-state index is 13.0. The molecule has 1 aliphatic heterocycles. The third-order valence-corrected chi connectivity index (χ3v) is 5.21. The van der Waals surface area contributed by atoms with Crippen LogP contribution in [0.5, 0.6) is 0 Å². The van der Waals surface area contributed by atoms with E-state index in [4.69, 9.17) is 0 Å². The smallest absolute Gasteiger partial charge is 0.228 e. The number of benzene rings is 1. The number of thiazole rings is 1. The minimum atomic E-state index is -0.224. The Bertz CT molecular complexity index is 690. The molecule has 1 fully saturated rings. The molecule has 3 rings (SSSR count). The van der Waals surface area contributed by atoms with Crippen molar-refractivity contribution in [2.45, 2.75) is 20.3 Å². The second-order valence-electron chi connectivity index (χ2n) is 5.76. The lowest BCUT2D eigenvalue weighted by molar-refractivity contribution is -0.130. The number of amides is 1. The van der Waals surface area contributed by atoms with E-state index in [0.717, 1.165) is 34.4 Å². The fraction of sp³-hybridized carbons (Fsp3) is 0.412. The molecule has 0 spiro atoms. The number of carbonyl (C=O) groups excluding carboxylic acids is 1. The number of anilines is 1. The number of aryl methyl sites for hydroxylation is 2. The molecule has 0 saturated carbocycles. The van der Waals surface area contributed by atoms with Gasteiger partial charge in [0.15, 0.2) is 0 Å². The SMILES string of the molecule is Cc1nc(C)c(CC(=O)N2CCN(c3ccc(F)cc3)CC2)s1. The summed E-state index contributed by atoms with van der Waals surface area (Å²) in [4.78, 5) is 22.0. The molecule has 6 heteroatoms. The van der Waals surface area contributed by atoms with Crippen molar-refractivity contribution < 1.29 is 9.18 Å². The van der Waals surface area contributed by atoms with Crippen molar-refractivity contribution in [3.05, 3.63) is 45.7 Å². The Morgan fingerprint density at radius 1 is 1.17 bits per heavy atom. The maximum absolute atomic E-state index is 13.0. The van der Waals surface area contributed by atoms with Gasteiger partial charge in [-0.15, -0.1) is 11.3 Å². The number of halogens is 1. The van der Waals surface area contributed by atoms with Gasteiger partial charge in [-0.1, -0.05) is 0 Å². The molecule has 23 heavy (non-hydrogen) atoms. The van der Waals surface area contributed by atoms with Gasteiger partial charge in [0, 0.05) is 36.7 Å². The number of hydrogen-bond donors (Lipinski definition) is 0. The van der Waals surface area contributed by atoms with E-state index in [1.807, 2.05) is 18.7 Å². The van der Waals surface area contributed by atoms with Gasteiger partial charge in [-0.3, -0.25) is 4.79 Å². The first-order valence-electron chi connectivity index (χ1n) is 7.74. The molecule has 0 aliphatic carbocycles. The average Bonchev–Trinajstić information content (AvgIpc) is 2.86. The summed E-state index contributed by atoms with van der Waals surface area (Å²) in [5.41, 5.74) is 1.97. The third kappa shape index (κ3) is 3.69. The zero-order chi connectivity index (χ0) is 16.4. The van der Waals surface area contributed by atoms with E-state index in [1.54, 1.807) is 23.5 Å². The summed E-state index contributed by atoms with van der Waals surface area (Å²) in [7, 11) is 0. The Balaban J connectivity index is 1.57. The molecule has 0 unspecified atom stereocenters. The minimum absolute atomic E-state index is 0.163. The molecule has 0 atom stereocenters. The van der Waals surface area contributed by atoms with Crippen LogP contribution in [-0.4, -0.2) is 42.0 Å². The van der Waals surface area contributed by atoms with Crippen LogP contribution in [0.1, 0.15) is 15.6 Å². The predicted molar refractivity (Wildman–Crippen MR) is 90.5 cm³/mol. The van der Waals surface area contributed by atoms with Gasteiger partial charge in [-0.25, -0.2) is 9.37 Å². The second-order valence-corrected chi connectivity index (χ2v) is 7.05. The first-order valence-corrected chi connectivity index (χ1v) is 8.56. The zero-order valence-corrected chi connectivity index (χ0v) is 14.2. The van der Waals surface area contributed by atoms with Crippen molar-refractivity contribution >= 4 is 22.9 Å². The van der Waals surface area contributed by atoms with Gasteiger partial charge in [0.25, 0.3) is 0 Å². The van der Waals surface area contributed by atoms with Gasteiger partial charge in [-0.05, 0) is 38.1 Å². The molecular formula is C17H20FN3OS. The molecule has 122 valence electrons. The molecule has 2 heterocycles. The molecule has 0 radical (unpaired) electrons. The number of nitrogens with zero attached hydrogens (tertiary/aromatic N) is 3. The lowest BCUT2D eigenvalue weighted by atomic mass is 10.2. The van der Waals surface area contributed by atoms with Crippen molar-refractivity contribution in [2.24, 2.45) is 0 Å². The third-order valence-electron chi connectivity index (χ3n) is 4.14. The minimum Gasteiger partial charge on any atom is -0.368 e. The fourth-order valence-electron chi connectivity index (χ4n) is 2.85. The Kier molecular flexibility index (Phi) is 4.61. The van der Waals surface area contributed by atoms with Gasteiger partial charge in [0.05, 0.1) is 17.1 Å². The van der Waals surface area contributed by atoms with Crippen LogP contribution < -0.4 is 4.90 Å². The van der Waals surface area contributed by atoms with Crippen LogP contribution in [-0.2, 0) is 11.2 Å². The van der Waals surface area contributed by atoms with Crippen molar-refractivity contribution in [3.8, 4) is 0 Å². The normalized spacial score (nSPS) is 15.1. The van der Waals surface area contributed by atoms with Crippen LogP contribution in [0.2, 0.25) is 0 Å². The Hall–Kier alpha value is -1.95. The van der Waals surface area contributed by atoms with E-state index >= 15 is 0 Å². The highest BCUT2D eigenvalue weighted by molar-refractivity contribution is 7.11. The summed E-state index contributed by atoms with van der Waals surface area (Å²) in [6.07, 6.45) is 0.438. The van der Waals surface area contributed by atoms with Gasteiger partial charge < -0.3 is 9.80 Å². The van der Waals surface area contributed by atoms with E-state index in [0.29, 0.717) is 19.5 Å².